The minimum Gasteiger partial charge on any atom is -0.369 e. The summed E-state index contributed by atoms with van der Waals surface area (Å²) in [5.41, 5.74) is 3.16. The van der Waals surface area contributed by atoms with Gasteiger partial charge < -0.3 is 20.4 Å². The summed E-state index contributed by atoms with van der Waals surface area (Å²) >= 11 is 1.53. The number of hydrogen-bond donors (Lipinski definition) is 2. The Bertz CT molecular complexity index is 849. The maximum Gasteiger partial charge on any atom is 0.313 e. The lowest BCUT2D eigenvalue weighted by Crippen LogP contribution is -2.44. The van der Waals surface area contributed by atoms with Gasteiger partial charge in [-0.3, -0.25) is 9.59 Å². The second kappa shape index (κ2) is 11.0. The molecule has 0 aliphatic carbocycles. The Balaban J connectivity index is 1.39. The van der Waals surface area contributed by atoms with Crippen LogP contribution in [0.3, 0.4) is 0 Å². The van der Waals surface area contributed by atoms with Crippen LogP contribution >= 0.6 is 11.8 Å². The molecule has 0 atom stereocenters. The number of carbonyl (C=O) groups is 2. The Morgan fingerprint density at radius 3 is 2.37 bits per heavy atom. The van der Waals surface area contributed by atoms with Crippen molar-refractivity contribution >= 4 is 35.0 Å². The van der Waals surface area contributed by atoms with Crippen molar-refractivity contribution in [1.29, 1.82) is 0 Å². The molecule has 1 aliphatic rings. The van der Waals surface area contributed by atoms with E-state index in [1.165, 1.54) is 23.0 Å². The molecule has 1 fully saturated rings. The first-order valence-electron chi connectivity index (χ1n) is 10.3. The van der Waals surface area contributed by atoms with Crippen LogP contribution in [0.5, 0.6) is 0 Å². The van der Waals surface area contributed by atoms with Gasteiger partial charge in [0.2, 0.25) is 0 Å². The molecule has 0 spiro atoms. The molecular formula is C23H30N4O2S. The van der Waals surface area contributed by atoms with Crippen LogP contribution in [0, 0.1) is 0 Å². The quantitative estimate of drug-likeness (QED) is 0.405. The van der Waals surface area contributed by atoms with Crippen molar-refractivity contribution in [2.24, 2.45) is 0 Å². The number of nitrogens with zero attached hydrogens (tertiary/aromatic N) is 2. The van der Waals surface area contributed by atoms with Crippen LogP contribution in [-0.4, -0.2) is 62.7 Å². The third-order valence-corrected chi connectivity index (χ3v) is 6.09. The maximum absolute atomic E-state index is 12.1. The third-order valence-electron chi connectivity index (χ3n) is 5.29. The number of carbonyl (C=O) groups excluding carboxylic acids is 2. The number of aryl methyl sites for hydroxylation is 1. The second-order valence-electron chi connectivity index (χ2n) is 7.47. The Hall–Kier alpha value is -2.51. The predicted molar refractivity (Wildman–Crippen MR) is 124 cm³/mol. The molecular weight excluding hydrogens is 396 g/mol. The molecule has 1 aliphatic heterocycles. The molecule has 1 saturated heterocycles. The number of para-hydroxylation sites is 1. The number of nitrogens with one attached hydrogen (secondary N) is 2. The summed E-state index contributed by atoms with van der Waals surface area (Å²) in [5, 5.41) is 5.39. The summed E-state index contributed by atoms with van der Waals surface area (Å²) in [4.78, 5) is 29.9. The first-order valence-corrected chi connectivity index (χ1v) is 11.5. The lowest BCUT2D eigenvalue weighted by atomic mass is 10.1. The molecule has 30 heavy (non-hydrogen) atoms. The highest BCUT2D eigenvalue weighted by Crippen LogP contribution is 2.24. The minimum absolute atomic E-state index is 0.469. The van der Waals surface area contributed by atoms with Gasteiger partial charge in [0.15, 0.2) is 0 Å². The number of anilines is 2. The second-order valence-corrected chi connectivity index (χ2v) is 8.32. The van der Waals surface area contributed by atoms with Crippen molar-refractivity contribution in [3.8, 4) is 0 Å². The Morgan fingerprint density at radius 2 is 1.67 bits per heavy atom. The van der Waals surface area contributed by atoms with Gasteiger partial charge in [0, 0.05) is 43.3 Å². The first kappa shape index (κ1) is 22.2. The van der Waals surface area contributed by atoms with E-state index in [-0.39, 0.29) is 0 Å². The molecule has 2 aromatic rings. The van der Waals surface area contributed by atoms with E-state index in [0.29, 0.717) is 12.2 Å². The van der Waals surface area contributed by atoms with Gasteiger partial charge in [-0.1, -0.05) is 24.3 Å². The zero-order chi connectivity index (χ0) is 21.3. The van der Waals surface area contributed by atoms with Gasteiger partial charge in [-0.15, -0.1) is 11.8 Å². The molecule has 160 valence electrons. The lowest BCUT2D eigenvalue weighted by molar-refractivity contribution is -0.136. The van der Waals surface area contributed by atoms with Gasteiger partial charge in [-0.25, -0.2) is 0 Å². The summed E-state index contributed by atoms with van der Waals surface area (Å²) in [6.07, 6.45) is 3.58. The third kappa shape index (κ3) is 6.24. The van der Waals surface area contributed by atoms with Crippen LogP contribution in [0.1, 0.15) is 12.0 Å². The summed E-state index contributed by atoms with van der Waals surface area (Å²) in [6, 6.07) is 16.1. The first-order chi connectivity index (χ1) is 14.6. The van der Waals surface area contributed by atoms with Gasteiger partial charge in [0.05, 0.1) is 5.69 Å². The van der Waals surface area contributed by atoms with Crippen molar-refractivity contribution in [2.45, 2.75) is 17.7 Å². The van der Waals surface area contributed by atoms with Crippen LogP contribution in [0.2, 0.25) is 0 Å². The van der Waals surface area contributed by atoms with Crippen molar-refractivity contribution in [2.75, 3.05) is 56.2 Å². The summed E-state index contributed by atoms with van der Waals surface area (Å²) in [5.74, 6) is -1.23. The molecule has 0 aromatic heterocycles. The number of thioether (sulfide) groups is 1. The zero-order valence-corrected chi connectivity index (χ0v) is 18.5. The van der Waals surface area contributed by atoms with E-state index >= 15 is 0 Å². The normalized spacial score (nSPS) is 14.4. The van der Waals surface area contributed by atoms with E-state index in [2.05, 4.69) is 51.7 Å². The molecule has 2 amide bonds. The molecule has 3 rings (SSSR count). The van der Waals surface area contributed by atoms with E-state index in [1.807, 2.05) is 24.5 Å². The topological polar surface area (TPSA) is 64.7 Å². The predicted octanol–water partition coefficient (Wildman–Crippen LogP) is 2.85. The van der Waals surface area contributed by atoms with Crippen LogP contribution in [0.25, 0.3) is 0 Å². The van der Waals surface area contributed by atoms with E-state index in [1.54, 1.807) is 6.07 Å². The lowest BCUT2D eigenvalue weighted by Gasteiger charge is -2.34. The Labute approximate surface area is 183 Å². The number of benzene rings is 2. The molecule has 0 radical (unpaired) electrons. The van der Waals surface area contributed by atoms with Gasteiger partial charge in [0.25, 0.3) is 0 Å². The number of hydrogen-bond acceptors (Lipinski definition) is 5. The molecule has 0 unspecified atom stereocenters. The van der Waals surface area contributed by atoms with Gasteiger partial charge in [0.1, 0.15) is 0 Å². The molecule has 7 heteroatoms. The molecule has 0 bridgehead atoms. The monoisotopic (exact) mass is 426 g/mol. The maximum atomic E-state index is 12.1. The molecule has 2 aromatic carbocycles. The fraction of sp³-hybridized carbons (Fsp3) is 0.391. The van der Waals surface area contributed by atoms with Crippen LogP contribution < -0.4 is 15.5 Å². The van der Waals surface area contributed by atoms with Crippen molar-refractivity contribution < 1.29 is 9.59 Å². The Kier molecular flexibility index (Phi) is 8.16. The summed E-state index contributed by atoms with van der Waals surface area (Å²) < 4.78 is 0. The largest absolute Gasteiger partial charge is 0.369 e. The standard InChI is InChI=1S/C23H30N4O2S/c1-26-14-16-27(17-15-26)19-11-9-18(10-12-19)6-5-13-24-22(28)23(29)25-20-7-3-4-8-21(20)30-2/h3-4,7-12H,5-6,13-17H2,1-2H3,(H,24,28)(H,25,29). The minimum atomic E-state index is -0.631. The molecule has 0 saturated carbocycles. The van der Waals surface area contributed by atoms with E-state index in [0.717, 1.165) is 43.9 Å². The van der Waals surface area contributed by atoms with E-state index in [4.69, 9.17) is 0 Å². The average Bonchev–Trinajstić information content (AvgIpc) is 2.78. The fourth-order valence-electron chi connectivity index (χ4n) is 3.44. The van der Waals surface area contributed by atoms with E-state index < -0.39 is 11.8 Å². The summed E-state index contributed by atoms with van der Waals surface area (Å²) in [7, 11) is 2.16. The van der Waals surface area contributed by atoms with Crippen LogP contribution in [0.4, 0.5) is 11.4 Å². The van der Waals surface area contributed by atoms with Crippen molar-refractivity contribution in [3.05, 3.63) is 54.1 Å². The smallest absolute Gasteiger partial charge is 0.313 e. The SMILES string of the molecule is CSc1ccccc1NC(=O)C(=O)NCCCc1ccc(N2CCN(C)CC2)cc1. The highest BCUT2D eigenvalue weighted by Gasteiger charge is 2.15. The number of likely N-dealkylation sites (N-methyl/N-ethyl adjacent to an activating group) is 1. The van der Waals surface area contributed by atoms with Gasteiger partial charge in [-0.2, -0.15) is 0 Å². The highest BCUT2D eigenvalue weighted by molar-refractivity contribution is 7.98. The summed E-state index contributed by atoms with van der Waals surface area (Å²) in [6.45, 7) is 4.78. The molecule has 1 heterocycles. The number of rotatable bonds is 7. The van der Waals surface area contributed by atoms with Crippen LogP contribution in [0.15, 0.2) is 53.4 Å². The van der Waals surface area contributed by atoms with Gasteiger partial charge >= 0.3 is 11.8 Å². The average molecular weight is 427 g/mol. The fourth-order valence-corrected chi connectivity index (χ4v) is 3.99. The molecule has 6 nitrogen and oxygen atoms in total. The van der Waals surface area contributed by atoms with Gasteiger partial charge in [-0.05, 0) is 56.0 Å². The number of piperazine rings is 1. The Morgan fingerprint density at radius 1 is 0.967 bits per heavy atom. The van der Waals surface area contributed by atoms with Crippen LogP contribution in [-0.2, 0) is 16.0 Å². The van der Waals surface area contributed by atoms with Crippen molar-refractivity contribution in [1.82, 2.24) is 10.2 Å². The van der Waals surface area contributed by atoms with E-state index in [9.17, 15) is 9.59 Å². The highest BCUT2D eigenvalue weighted by atomic mass is 32.2. The van der Waals surface area contributed by atoms with Crippen molar-refractivity contribution in [3.63, 3.8) is 0 Å². The number of amides is 2. The zero-order valence-electron chi connectivity index (χ0n) is 17.7. The molecule has 2 N–H and O–H groups in total.